The topological polar surface area (TPSA) is 20.3 Å². The van der Waals surface area contributed by atoms with Crippen molar-refractivity contribution in [1.29, 1.82) is 0 Å². The summed E-state index contributed by atoms with van der Waals surface area (Å²) in [5, 5.41) is 0. The first kappa shape index (κ1) is 15.1. The van der Waals surface area contributed by atoms with E-state index < -0.39 is 0 Å². The van der Waals surface area contributed by atoms with Gasteiger partial charge in [-0.2, -0.15) is 0 Å². The molecular weight excluding hydrogens is 246 g/mol. The van der Waals surface area contributed by atoms with Crippen LogP contribution < -0.4 is 0 Å². The smallest absolute Gasteiger partial charge is 0.223 e. The zero-order valence-electron chi connectivity index (χ0n) is 13.0. The monoisotopic (exact) mass is 273 g/mol. The molecule has 110 valence electrons. The highest BCUT2D eigenvalue weighted by Crippen LogP contribution is 2.36. The molecule has 1 fully saturated rings. The molecule has 1 aromatic carbocycles. The molecule has 0 N–H and O–H groups in total. The lowest BCUT2D eigenvalue weighted by atomic mass is 10.1. The first-order valence-corrected chi connectivity index (χ1v) is 7.91. The van der Waals surface area contributed by atoms with Gasteiger partial charge in [0.15, 0.2) is 0 Å². The molecule has 2 nitrogen and oxygen atoms in total. The van der Waals surface area contributed by atoms with Crippen LogP contribution in [0.1, 0.15) is 52.0 Å². The number of rotatable bonds is 7. The van der Waals surface area contributed by atoms with Gasteiger partial charge in [0.05, 0.1) is 0 Å². The number of hydrogen-bond donors (Lipinski definition) is 0. The molecule has 0 bridgehead atoms. The van der Waals surface area contributed by atoms with E-state index in [-0.39, 0.29) is 0 Å². The molecule has 1 aliphatic carbocycles. The van der Waals surface area contributed by atoms with Gasteiger partial charge in [-0.3, -0.25) is 4.79 Å². The summed E-state index contributed by atoms with van der Waals surface area (Å²) in [5.41, 5.74) is 1.23. The van der Waals surface area contributed by atoms with Crippen molar-refractivity contribution in [2.75, 3.05) is 0 Å². The number of amides is 1. The second kappa shape index (κ2) is 6.92. The molecule has 0 aromatic heterocycles. The zero-order valence-corrected chi connectivity index (χ0v) is 13.0. The molecule has 1 atom stereocenters. The Kier molecular flexibility index (Phi) is 5.22. The van der Waals surface area contributed by atoms with Gasteiger partial charge in [-0.25, -0.2) is 0 Å². The van der Waals surface area contributed by atoms with E-state index in [0.29, 0.717) is 24.3 Å². The van der Waals surface area contributed by atoms with E-state index in [1.54, 1.807) is 0 Å². The number of benzene rings is 1. The van der Waals surface area contributed by atoms with Gasteiger partial charge in [0.25, 0.3) is 0 Å². The molecule has 1 saturated carbocycles. The lowest BCUT2D eigenvalue weighted by molar-refractivity contribution is -0.134. The summed E-state index contributed by atoms with van der Waals surface area (Å²) in [6.45, 7) is 7.33. The second-order valence-electron chi connectivity index (χ2n) is 6.52. The largest absolute Gasteiger partial charge is 0.335 e. The van der Waals surface area contributed by atoms with Crippen molar-refractivity contribution in [3.63, 3.8) is 0 Å². The van der Waals surface area contributed by atoms with Gasteiger partial charge in [-0.15, -0.1) is 0 Å². The van der Waals surface area contributed by atoms with Gasteiger partial charge >= 0.3 is 0 Å². The van der Waals surface area contributed by atoms with Crippen LogP contribution in [-0.4, -0.2) is 16.8 Å². The van der Waals surface area contributed by atoms with Crippen LogP contribution in [0.3, 0.4) is 0 Å². The minimum atomic E-state index is 0.321. The van der Waals surface area contributed by atoms with Crippen molar-refractivity contribution in [2.24, 2.45) is 11.8 Å². The maximum atomic E-state index is 12.6. The predicted octanol–water partition coefficient (Wildman–Crippen LogP) is 4.25. The van der Waals surface area contributed by atoms with Gasteiger partial charge < -0.3 is 4.90 Å². The number of carbonyl (C=O) groups excluding carboxylic acids is 1. The fourth-order valence-electron chi connectivity index (χ4n) is 2.63. The fraction of sp³-hybridized carbons (Fsp3) is 0.611. The third-order valence-corrected chi connectivity index (χ3v) is 4.25. The van der Waals surface area contributed by atoms with Crippen molar-refractivity contribution in [2.45, 2.75) is 59.0 Å². The standard InChI is InChI=1S/C18H27NO/c1-14(2)9-12-18(20)19(15(3)17-10-11-17)13-16-7-5-4-6-8-16/h4-8,14-15,17H,9-13H2,1-3H3. The summed E-state index contributed by atoms with van der Waals surface area (Å²) < 4.78 is 0. The van der Waals surface area contributed by atoms with E-state index in [1.807, 2.05) is 18.2 Å². The van der Waals surface area contributed by atoms with Crippen molar-refractivity contribution in [1.82, 2.24) is 4.90 Å². The molecule has 1 aromatic rings. The summed E-state index contributed by atoms with van der Waals surface area (Å²) in [7, 11) is 0. The van der Waals surface area contributed by atoms with Crippen molar-refractivity contribution < 1.29 is 4.79 Å². The number of hydrogen-bond acceptors (Lipinski definition) is 1. The first-order chi connectivity index (χ1) is 9.58. The molecule has 1 unspecified atom stereocenters. The van der Waals surface area contributed by atoms with E-state index in [4.69, 9.17) is 0 Å². The fourth-order valence-corrected chi connectivity index (χ4v) is 2.63. The average molecular weight is 273 g/mol. The van der Waals surface area contributed by atoms with Crippen LogP contribution in [0.4, 0.5) is 0 Å². The molecule has 1 amide bonds. The molecule has 0 aliphatic heterocycles. The summed E-state index contributed by atoms with van der Waals surface area (Å²) in [6, 6.07) is 10.7. The highest BCUT2D eigenvalue weighted by molar-refractivity contribution is 5.76. The lowest BCUT2D eigenvalue weighted by Crippen LogP contribution is -2.39. The van der Waals surface area contributed by atoms with Crippen molar-refractivity contribution in [3.8, 4) is 0 Å². The Bertz CT molecular complexity index is 422. The van der Waals surface area contributed by atoms with E-state index in [0.717, 1.165) is 18.9 Å². The normalized spacial score (nSPS) is 16.2. The SMILES string of the molecule is CC(C)CCC(=O)N(Cc1ccccc1)C(C)C1CC1. The molecule has 2 rings (SSSR count). The van der Waals surface area contributed by atoms with Crippen molar-refractivity contribution >= 4 is 5.91 Å². The van der Waals surface area contributed by atoms with Crippen molar-refractivity contribution in [3.05, 3.63) is 35.9 Å². The van der Waals surface area contributed by atoms with Gasteiger partial charge in [0.2, 0.25) is 5.91 Å². The quantitative estimate of drug-likeness (QED) is 0.727. The summed E-state index contributed by atoms with van der Waals surface area (Å²) in [6.07, 6.45) is 4.23. The Labute approximate surface area is 123 Å². The molecule has 0 heterocycles. The van der Waals surface area contributed by atoms with E-state index in [2.05, 4.69) is 37.8 Å². The minimum Gasteiger partial charge on any atom is -0.335 e. The van der Waals surface area contributed by atoms with E-state index in [9.17, 15) is 4.79 Å². The highest BCUT2D eigenvalue weighted by atomic mass is 16.2. The summed E-state index contributed by atoms with van der Waals surface area (Å²) >= 11 is 0. The van der Waals surface area contributed by atoms with E-state index in [1.165, 1.54) is 18.4 Å². The van der Waals surface area contributed by atoms with Crippen LogP contribution in [0.5, 0.6) is 0 Å². The van der Waals surface area contributed by atoms with Gasteiger partial charge in [0.1, 0.15) is 0 Å². The molecule has 0 saturated heterocycles. The minimum absolute atomic E-state index is 0.321. The second-order valence-corrected chi connectivity index (χ2v) is 6.52. The molecule has 0 spiro atoms. The predicted molar refractivity (Wildman–Crippen MR) is 83.3 cm³/mol. The highest BCUT2D eigenvalue weighted by Gasteiger charge is 2.34. The van der Waals surface area contributed by atoms with Crippen LogP contribution in [0.25, 0.3) is 0 Å². The van der Waals surface area contributed by atoms with Crippen LogP contribution in [-0.2, 0) is 11.3 Å². The molecule has 0 radical (unpaired) electrons. The van der Waals surface area contributed by atoms with Crippen LogP contribution >= 0.6 is 0 Å². The Hall–Kier alpha value is -1.31. The van der Waals surface area contributed by atoms with Crippen LogP contribution in [0, 0.1) is 11.8 Å². The Morgan fingerprint density at radius 2 is 1.85 bits per heavy atom. The first-order valence-electron chi connectivity index (χ1n) is 7.91. The van der Waals surface area contributed by atoms with Crippen LogP contribution in [0.15, 0.2) is 30.3 Å². The zero-order chi connectivity index (χ0) is 14.5. The Morgan fingerprint density at radius 3 is 2.40 bits per heavy atom. The maximum absolute atomic E-state index is 12.6. The van der Waals surface area contributed by atoms with Gasteiger partial charge in [-0.1, -0.05) is 44.2 Å². The summed E-state index contributed by atoms with van der Waals surface area (Å²) in [4.78, 5) is 14.7. The molecule has 2 heteroatoms. The molecule has 1 aliphatic rings. The molecular formula is C18H27NO. The van der Waals surface area contributed by atoms with Gasteiger partial charge in [-0.05, 0) is 43.6 Å². The Morgan fingerprint density at radius 1 is 1.20 bits per heavy atom. The van der Waals surface area contributed by atoms with Gasteiger partial charge in [0, 0.05) is 19.0 Å². The maximum Gasteiger partial charge on any atom is 0.223 e. The van der Waals surface area contributed by atoms with Crippen LogP contribution in [0.2, 0.25) is 0 Å². The third-order valence-electron chi connectivity index (χ3n) is 4.25. The van der Waals surface area contributed by atoms with E-state index >= 15 is 0 Å². The summed E-state index contributed by atoms with van der Waals surface area (Å²) in [5.74, 6) is 1.64. The lowest BCUT2D eigenvalue weighted by Gasteiger charge is -2.30. The average Bonchev–Trinajstić information content (AvgIpc) is 3.27. The number of nitrogens with zero attached hydrogens (tertiary/aromatic N) is 1. The molecule has 20 heavy (non-hydrogen) atoms. The Balaban J connectivity index is 2.02. The third kappa shape index (κ3) is 4.36. The number of carbonyl (C=O) groups is 1.